The standard InChI is InChI=1S/C11H6N4O/c12-7-9-2-3-11(10(6-9)8-13)16-15-5-1-4-14-15/h1-6H. The van der Waals surface area contributed by atoms with Crippen LogP contribution in [0.5, 0.6) is 5.75 Å². The fourth-order valence-corrected chi connectivity index (χ4v) is 1.18. The molecule has 0 aliphatic carbocycles. The summed E-state index contributed by atoms with van der Waals surface area (Å²) in [6, 6.07) is 10.3. The third-order valence-electron chi connectivity index (χ3n) is 1.90. The van der Waals surface area contributed by atoms with Gasteiger partial charge in [0, 0.05) is 0 Å². The van der Waals surface area contributed by atoms with E-state index in [1.807, 2.05) is 12.1 Å². The predicted octanol–water partition coefficient (Wildman–Crippen LogP) is 1.47. The van der Waals surface area contributed by atoms with Gasteiger partial charge < -0.3 is 4.84 Å². The maximum Gasteiger partial charge on any atom is 0.175 e. The van der Waals surface area contributed by atoms with E-state index < -0.39 is 0 Å². The van der Waals surface area contributed by atoms with E-state index in [4.69, 9.17) is 15.4 Å². The summed E-state index contributed by atoms with van der Waals surface area (Å²) in [5, 5.41) is 21.4. The Balaban J connectivity index is 2.36. The number of nitriles is 2. The second-order valence-corrected chi connectivity index (χ2v) is 2.93. The number of aromatic nitrogens is 2. The highest BCUT2D eigenvalue weighted by Crippen LogP contribution is 2.19. The van der Waals surface area contributed by atoms with Gasteiger partial charge in [0.15, 0.2) is 5.75 Å². The molecule has 0 amide bonds. The normalized spacial score (nSPS) is 9.12. The van der Waals surface area contributed by atoms with Gasteiger partial charge >= 0.3 is 0 Å². The molecule has 76 valence electrons. The van der Waals surface area contributed by atoms with Crippen molar-refractivity contribution >= 4 is 0 Å². The van der Waals surface area contributed by atoms with E-state index >= 15 is 0 Å². The van der Waals surface area contributed by atoms with E-state index in [0.717, 1.165) is 0 Å². The number of nitrogens with zero attached hydrogens (tertiary/aromatic N) is 4. The summed E-state index contributed by atoms with van der Waals surface area (Å²) in [6.07, 6.45) is 3.18. The van der Waals surface area contributed by atoms with Crippen LogP contribution in [0.4, 0.5) is 0 Å². The average molecular weight is 210 g/mol. The van der Waals surface area contributed by atoms with Gasteiger partial charge in [-0.1, -0.05) is 0 Å². The van der Waals surface area contributed by atoms with Crippen molar-refractivity contribution in [3.8, 4) is 17.9 Å². The molecule has 0 unspecified atom stereocenters. The SMILES string of the molecule is N#Cc1ccc(On2cccn2)c(C#N)c1. The molecule has 0 aliphatic heterocycles. The Morgan fingerprint density at radius 3 is 2.75 bits per heavy atom. The highest BCUT2D eigenvalue weighted by atomic mass is 16.7. The van der Waals surface area contributed by atoms with Crippen molar-refractivity contribution in [2.45, 2.75) is 0 Å². The Bertz CT molecular complexity index is 575. The average Bonchev–Trinajstić information content (AvgIpc) is 2.82. The highest BCUT2D eigenvalue weighted by molar-refractivity contribution is 5.48. The van der Waals surface area contributed by atoms with E-state index in [2.05, 4.69) is 5.10 Å². The topological polar surface area (TPSA) is 74.6 Å². The lowest BCUT2D eigenvalue weighted by atomic mass is 10.1. The minimum atomic E-state index is 0.301. The van der Waals surface area contributed by atoms with Gasteiger partial charge in [-0.05, 0) is 24.3 Å². The molecule has 1 aromatic heterocycles. The lowest BCUT2D eigenvalue weighted by Crippen LogP contribution is -2.06. The summed E-state index contributed by atoms with van der Waals surface area (Å²) in [7, 11) is 0. The predicted molar refractivity (Wildman–Crippen MR) is 54.1 cm³/mol. The molecular weight excluding hydrogens is 204 g/mol. The molecule has 5 nitrogen and oxygen atoms in total. The van der Waals surface area contributed by atoms with Gasteiger partial charge in [0.2, 0.25) is 0 Å². The van der Waals surface area contributed by atoms with Gasteiger partial charge in [-0.15, -0.1) is 9.94 Å². The van der Waals surface area contributed by atoms with Gasteiger partial charge in [-0.3, -0.25) is 0 Å². The molecule has 0 N–H and O–H groups in total. The Morgan fingerprint density at radius 1 is 1.25 bits per heavy atom. The third kappa shape index (κ3) is 1.84. The fourth-order valence-electron chi connectivity index (χ4n) is 1.18. The Labute approximate surface area is 91.7 Å². The summed E-state index contributed by atoms with van der Waals surface area (Å²) >= 11 is 0. The largest absolute Gasteiger partial charge is 0.357 e. The van der Waals surface area contributed by atoms with Crippen LogP contribution in [-0.2, 0) is 0 Å². The van der Waals surface area contributed by atoms with Gasteiger partial charge in [0.25, 0.3) is 0 Å². The zero-order valence-corrected chi connectivity index (χ0v) is 8.16. The molecule has 0 aliphatic rings. The second kappa shape index (κ2) is 4.16. The third-order valence-corrected chi connectivity index (χ3v) is 1.90. The van der Waals surface area contributed by atoms with Gasteiger partial charge in [0.05, 0.1) is 29.6 Å². The summed E-state index contributed by atoms with van der Waals surface area (Å²) < 4.78 is 0. The van der Waals surface area contributed by atoms with Crippen LogP contribution < -0.4 is 4.84 Å². The molecular formula is C11H6N4O. The van der Waals surface area contributed by atoms with Gasteiger partial charge in [0.1, 0.15) is 6.07 Å². The molecule has 0 atom stereocenters. The maximum atomic E-state index is 8.90. The van der Waals surface area contributed by atoms with E-state index in [1.165, 1.54) is 10.9 Å². The van der Waals surface area contributed by atoms with Gasteiger partial charge in [-0.2, -0.15) is 10.5 Å². The minimum Gasteiger partial charge on any atom is -0.357 e. The van der Waals surface area contributed by atoms with Crippen molar-refractivity contribution in [3.63, 3.8) is 0 Å². The smallest absolute Gasteiger partial charge is 0.175 e. The Morgan fingerprint density at radius 2 is 2.12 bits per heavy atom. The molecule has 0 bridgehead atoms. The molecule has 0 fully saturated rings. The quantitative estimate of drug-likeness (QED) is 0.752. The molecule has 0 saturated heterocycles. The number of hydrogen-bond donors (Lipinski definition) is 0. The second-order valence-electron chi connectivity index (χ2n) is 2.93. The van der Waals surface area contributed by atoms with E-state index in [0.29, 0.717) is 16.9 Å². The van der Waals surface area contributed by atoms with Crippen molar-refractivity contribution in [1.29, 1.82) is 10.5 Å². The first-order valence-electron chi connectivity index (χ1n) is 4.46. The molecule has 5 heteroatoms. The molecule has 1 aromatic carbocycles. The summed E-state index contributed by atoms with van der Waals surface area (Å²) in [5.41, 5.74) is 0.721. The molecule has 0 radical (unpaired) electrons. The molecule has 0 spiro atoms. The first kappa shape index (κ1) is 9.75. The first-order chi connectivity index (χ1) is 7.83. The first-order valence-corrected chi connectivity index (χ1v) is 4.46. The molecule has 2 aromatic rings. The van der Waals surface area contributed by atoms with E-state index in [1.54, 1.807) is 30.6 Å². The Kier molecular flexibility index (Phi) is 2.53. The van der Waals surface area contributed by atoms with Crippen LogP contribution in [-0.4, -0.2) is 9.94 Å². The van der Waals surface area contributed by atoms with Crippen molar-refractivity contribution in [2.75, 3.05) is 0 Å². The van der Waals surface area contributed by atoms with Crippen LogP contribution in [0.15, 0.2) is 36.7 Å². The van der Waals surface area contributed by atoms with Crippen LogP contribution >= 0.6 is 0 Å². The summed E-state index contributed by atoms with van der Waals surface area (Å²) in [4.78, 5) is 6.55. The minimum absolute atomic E-state index is 0.301. The van der Waals surface area contributed by atoms with E-state index in [9.17, 15) is 0 Å². The molecule has 16 heavy (non-hydrogen) atoms. The lowest BCUT2D eigenvalue weighted by molar-refractivity contribution is 0.178. The van der Waals surface area contributed by atoms with Crippen molar-refractivity contribution < 1.29 is 4.84 Å². The fraction of sp³-hybridized carbons (Fsp3) is 0. The van der Waals surface area contributed by atoms with Crippen LogP contribution in [0.2, 0.25) is 0 Å². The maximum absolute atomic E-state index is 8.90. The Hall–Kier alpha value is -2.79. The van der Waals surface area contributed by atoms with Crippen LogP contribution in [0, 0.1) is 22.7 Å². The molecule has 1 heterocycles. The number of benzene rings is 1. The monoisotopic (exact) mass is 210 g/mol. The molecule has 2 rings (SSSR count). The summed E-state index contributed by atoms with van der Waals surface area (Å²) in [5.74, 6) is 0.366. The van der Waals surface area contributed by atoms with E-state index in [-0.39, 0.29) is 0 Å². The zero-order valence-electron chi connectivity index (χ0n) is 8.16. The number of rotatable bonds is 2. The van der Waals surface area contributed by atoms with Gasteiger partial charge in [-0.25, -0.2) is 0 Å². The summed E-state index contributed by atoms with van der Waals surface area (Å²) in [6.45, 7) is 0. The zero-order chi connectivity index (χ0) is 11.4. The van der Waals surface area contributed by atoms with Crippen LogP contribution in [0.1, 0.15) is 11.1 Å². The molecule has 0 saturated carbocycles. The van der Waals surface area contributed by atoms with Crippen molar-refractivity contribution in [3.05, 3.63) is 47.8 Å². The van der Waals surface area contributed by atoms with Crippen molar-refractivity contribution in [1.82, 2.24) is 9.94 Å². The number of hydrogen-bond acceptors (Lipinski definition) is 4. The van der Waals surface area contributed by atoms with Crippen LogP contribution in [0.3, 0.4) is 0 Å². The van der Waals surface area contributed by atoms with Crippen LogP contribution in [0.25, 0.3) is 0 Å². The lowest BCUT2D eigenvalue weighted by Gasteiger charge is -2.05. The highest BCUT2D eigenvalue weighted by Gasteiger charge is 2.05. The van der Waals surface area contributed by atoms with Crippen molar-refractivity contribution in [2.24, 2.45) is 0 Å².